The van der Waals surface area contributed by atoms with E-state index in [4.69, 9.17) is 10.5 Å². The highest BCUT2D eigenvalue weighted by molar-refractivity contribution is 5.92. The highest BCUT2D eigenvalue weighted by Gasteiger charge is 2.19. The van der Waals surface area contributed by atoms with E-state index in [2.05, 4.69) is 11.9 Å². The maximum absolute atomic E-state index is 11.8. The topological polar surface area (TPSA) is 68.1 Å². The first-order valence-corrected chi connectivity index (χ1v) is 6.11. The monoisotopic (exact) mass is 238 g/mol. The minimum Gasteiger partial charge on any atom is -0.462 e. The lowest BCUT2D eigenvalue weighted by Gasteiger charge is -2.08. The van der Waals surface area contributed by atoms with Crippen molar-refractivity contribution in [1.29, 1.82) is 0 Å². The summed E-state index contributed by atoms with van der Waals surface area (Å²) < 4.78 is 5.04. The average Bonchev–Trinajstić information content (AvgIpc) is 2.54. The number of ether oxygens (including phenoxy) is 1. The molecule has 0 spiro atoms. The fraction of sp³-hybridized carbons (Fsp3) is 0.615. The fourth-order valence-electron chi connectivity index (χ4n) is 1.93. The number of aromatic amines is 1. The van der Waals surface area contributed by atoms with Gasteiger partial charge in [-0.25, -0.2) is 4.79 Å². The van der Waals surface area contributed by atoms with E-state index in [0.29, 0.717) is 12.2 Å². The summed E-state index contributed by atoms with van der Waals surface area (Å²) in [5.41, 5.74) is 9.45. The fourth-order valence-corrected chi connectivity index (χ4v) is 1.93. The largest absolute Gasteiger partial charge is 0.462 e. The van der Waals surface area contributed by atoms with E-state index in [0.717, 1.165) is 29.8 Å². The van der Waals surface area contributed by atoms with Crippen molar-refractivity contribution in [1.82, 2.24) is 4.98 Å². The Bertz CT molecular complexity index is 396. The molecule has 3 N–H and O–H groups in total. The molecule has 4 heteroatoms. The summed E-state index contributed by atoms with van der Waals surface area (Å²) in [4.78, 5) is 15.0. The number of esters is 1. The van der Waals surface area contributed by atoms with Crippen molar-refractivity contribution in [2.75, 3.05) is 6.61 Å². The molecule has 1 heterocycles. The summed E-state index contributed by atoms with van der Waals surface area (Å²) in [5.74, 6) is -0.255. The van der Waals surface area contributed by atoms with Gasteiger partial charge in [-0.3, -0.25) is 0 Å². The third kappa shape index (κ3) is 3.09. The molecule has 1 rings (SSSR count). The molecule has 0 aliphatic heterocycles. The molecule has 1 aromatic rings. The molecule has 0 aliphatic carbocycles. The maximum atomic E-state index is 11.8. The van der Waals surface area contributed by atoms with Crippen molar-refractivity contribution < 1.29 is 9.53 Å². The van der Waals surface area contributed by atoms with Crippen LogP contribution in [0.1, 0.15) is 47.6 Å². The van der Waals surface area contributed by atoms with Crippen LogP contribution in [0.3, 0.4) is 0 Å². The first-order chi connectivity index (χ1) is 8.01. The number of H-pyrrole nitrogens is 1. The molecule has 0 radical (unpaired) electrons. The predicted molar refractivity (Wildman–Crippen MR) is 68.2 cm³/mol. The molecule has 0 amide bonds. The van der Waals surface area contributed by atoms with Crippen LogP contribution in [0.2, 0.25) is 0 Å². The molecule has 0 fully saturated rings. The Morgan fingerprint density at radius 3 is 2.59 bits per heavy atom. The zero-order valence-electron chi connectivity index (χ0n) is 11.1. The number of nitrogens with one attached hydrogen (secondary N) is 1. The van der Waals surface area contributed by atoms with Crippen molar-refractivity contribution in [3.8, 4) is 0 Å². The standard InChI is InChI=1S/C13H22N2O2/c1-5-10(14)7-11-8(3)12(9(4)15-11)13(16)17-6-2/h10,15H,5-7,14H2,1-4H3. The van der Waals surface area contributed by atoms with Crippen molar-refractivity contribution in [2.24, 2.45) is 5.73 Å². The summed E-state index contributed by atoms with van der Waals surface area (Å²) in [6.07, 6.45) is 1.69. The lowest BCUT2D eigenvalue weighted by Crippen LogP contribution is -2.22. The zero-order chi connectivity index (χ0) is 13.0. The van der Waals surface area contributed by atoms with E-state index in [-0.39, 0.29) is 12.0 Å². The van der Waals surface area contributed by atoms with Crippen LogP contribution in [0.4, 0.5) is 0 Å². The molecule has 1 unspecified atom stereocenters. The van der Waals surface area contributed by atoms with Crippen LogP contribution in [0.25, 0.3) is 0 Å². The second-order valence-corrected chi connectivity index (χ2v) is 4.32. The minimum atomic E-state index is -0.255. The molecule has 96 valence electrons. The maximum Gasteiger partial charge on any atom is 0.340 e. The van der Waals surface area contributed by atoms with Gasteiger partial charge in [0, 0.05) is 23.9 Å². The number of nitrogens with two attached hydrogens (primary N) is 1. The minimum absolute atomic E-state index is 0.127. The second kappa shape index (κ2) is 5.87. The number of hydrogen-bond donors (Lipinski definition) is 2. The van der Waals surface area contributed by atoms with E-state index in [1.54, 1.807) is 0 Å². The molecule has 0 saturated carbocycles. The zero-order valence-corrected chi connectivity index (χ0v) is 11.1. The summed E-state index contributed by atoms with van der Waals surface area (Å²) in [7, 11) is 0. The van der Waals surface area contributed by atoms with E-state index >= 15 is 0 Å². The Balaban J connectivity index is 2.97. The summed E-state index contributed by atoms with van der Waals surface area (Å²) >= 11 is 0. The van der Waals surface area contributed by atoms with Crippen LogP contribution in [0, 0.1) is 13.8 Å². The highest BCUT2D eigenvalue weighted by atomic mass is 16.5. The van der Waals surface area contributed by atoms with E-state index in [1.165, 1.54) is 0 Å². The van der Waals surface area contributed by atoms with Gasteiger partial charge < -0.3 is 15.5 Å². The Hall–Kier alpha value is -1.29. The Morgan fingerprint density at radius 1 is 1.41 bits per heavy atom. The van der Waals surface area contributed by atoms with Crippen molar-refractivity contribution >= 4 is 5.97 Å². The van der Waals surface area contributed by atoms with Gasteiger partial charge >= 0.3 is 5.97 Å². The van der Waals surface area contributed by atoms with Gasteiger partial charge in [0.1, 0.15) is 0 Å². The molecule has 0 saturated heterocycles. The molecule has 0 aromatic carbocycles. The van der Waals surface area contributed by atoms with Crippen LogP contribution >= 0.6 is 0 Å². The number of aryl methyl sites for hydroxylation is 1. The smallest absolute Gasteiger partial charge is 0.340 e. The average molecular weight is 238 g/mol. The van der Waals surface area contributed by atoms with Crippen molar-refractivity contribution in [3.05, 3.63) is 22.5 Å². The molecule has 1 atom stereocenters. The summed E-state index contributed by atoms with van der Waals surface area (Å²) in [6.45, 7) is 8.09. The Morgan fingerprint density at radius 2 is 2.06 bits per heavy atom. The number of carbonyl (C=O) groups is 1. The summed E-state index contributed by atoms with van der Waals surface area (Å²) in [5, 5.41) is 0. The Kier molecular flexibility index (Phi) is 4.75. The SMILES string of the molecule is CCOC(=O)c1c(C)[nH]c(CC(N)CC)c1C. The highest BCUT2D eigenvalue weighted by Crippen LogP contribution is 2.20. The van der Waals surface area contributed by atoms with Crippen LogP contribution in [-0.2, 0) is 11.2 Å². The predicted octanol–water partition coefficient (Wildman–Crippen LogP) is 2.09. The van der Waals surface area contributed by atoms with Gasteiger partial charge in [0.2, 0.25) is 0 Å². The lowest BCUT2D eigenvalue weighted by molar-refractivity contribution is 0.0525. The number of rotatable bonds is 5. The number of aromatic nitrogens is 1. The van der Waals surface area contributed by atoms with Gasteiger partial charge in [0.25, 0.3) is 0 Å². The summed E-state index contributed by atoms with van der Waals surface area (Å²) in [6, 6.07) is 0.127. The Labute approximate surface area is 103 Å². The third-order valence-electron chi connectivity index (χ3n) is 3.01. The quantitative estimate of drug-likeness (QED) is 0.772. The third-order valence-corrected chi connectivity index (χ3v) is 3.01. The van der Waals surface area contributed by atoms with E-state index in [1.807, 2.05) is 20.8 Å². The van der Waals surface area contributed by atoms with Crippen LogP contribution in [0.5, 0.6) is 0 Å². The van der Waals surface area contributed by atoms with E-state index in [9.17, 15) is 4.79 Å². The van der Waals surface area contributed by atoms with Crippen LogP contribution in [-0.4, -0.2) is 23.6 Å². The molecular formula is C13H22N2O2. The van der Waals surface area contributed by atoms with Crippen molar-refractivity contribution in [2.45, 2.75) is 46.6 Å². The van der Waals surface area contributed by atoms with Gasteiger partial charge in [-0.15, -0.1) is 0 Å². The normalized spacial score (nSPS) is 12.5. The van der Waals surface area contributed by atoms with Gasteiger partial charge in [-0.1, -0.05) is 6.92 Å². The lowest BCUT2D eigenvalue weighted by atomic mass is 10.0. The molecule has 1 aromatic heterocycles. The van der Waals surface area contributed by atoms with Gasteiger partial charge in [-0.05, 0) is 32.8 Å². The molecule has 0 bridgehead atoms. The number of hydrogen-bond acceptors (Lipinski definition) is 3. The number of carbonyl (C=O) groups excluding carboxylic acids is 1. The van der Waals surface area contributed by atoms with Crippen LogP contribution in [0.15, 0.2) is 0 Å². The van der Waals surface area contributed by atoms with Crippen LogP contribution < -0.4 is 5.73 Å². The molecule has 17 heavy (non-hydrogen) atoms. The molecular weight excluding hydrogens is 216 g/mol. The second-order valence-electron chi connectivity index (χ2n) is 4.32. The first-order valence-electron chi connectivity index (χ1n) is 6.11. The van der Waals surface area contributed by atoms with Crippen molar-refractivity contribution in [3.63, 3.8) is 0 Å². The molecule has 4 nitrogen and oxygen atoms in total. The molecule has 0 aliphatic rings. The van der Waals surface area contributed by atoms with Gasteiger partial charge in [-0.2, -0.15) is 0 Å². The van der Waals surface area contributed by atoms with Gasteiger partial charge in [0.15, 0.2) is 0 Å². The van der Waals surface area contributed by atoms with E-state index < -0.39 is 0 Å². The van der Waals surface area contributed by atoms with Gasteiger partial charge in [0.05, 0.1) is 12.2 Å². The first kappa shape index (κ1) is 13.8.